The van der Waals surface area contributed by atoms with Crippen LogP contribution in [0, 0.1) is 0 Å². The number of alkyl halides is 9. The van der Waals surface area contributed by atoms with Crippen molar-refractivity contribution < 1.29 is 53.8 Å². The first-order valence-corrected chi connectivity index (χ1v) is 11.2. The maximum atomic E-state index is 13.7. The smallest absolute Gasteiger partial charge is 0.406 e. The van der Waals surface area contributed by atoms with Gasteiger partial charge in [-0.05, 0) is 58.2 Å². The topological polar surface area (TPSA) is 67.4 Å². The fourth-order valence-corrected chi connectivity index (χ4v) is 3.60. The van der Waals surface area contributed by atoms with Gasteiger partial charge in [-0.1, -0.05) is 30.4 Å². The molecule has 0 spiro atoms. The third-order valence-electron chi connectivity index (χ3n) is 4.73. The Kier molecular flexibility index (Phi) is 9.86. The molecule has 2 rings (SSSR count). The van der Waals surface area contributed by atoms with Gasteiger partial charge >= 0.3 is 18.7 Å². The lowest BCUT2D eigenvalue weighted by molar-refractivity contribution is -0.274. The number of rotatable bonds is 8. The van der Waals surface area contributed by atoms with E-state index in [2.05, 4.69) is 26.0 Å². The Bertz CT molecular complexity index is 1180. The summed E-state index contributed by atoms with van der Waals surface area (Å²) in [4.78, 5) is 24.1. The molecular formula is C23H18BrF9N2O3. The number of benzene rings is 2. The van der Waals surface area contributed by atoms with Crippen molar-refractivity contribution in [2.75, 3.05) is 6.54 Å². The third kappa shape index (κ3) is 9.91. The third-order valence-corrected chi connectivity index (χ3v) is 5.38. The number of nitrogens with one attached hydrogen (secondary N) is 2. The zero-order chi connectivity index (χ0) is 28.9. The normalized spacial score (nSPS) is 14.2. The van der Waals surface area contributed by atoms with Gasteiger partial charge in [0.25, 0.3) is 5.91 Å². The van der Waals surface area contributed by atoms with Gasteiger partial charge < -0.3 is 15.4 Å². The Morgan fingerprint density at radius 3 is 2.21 bits per heavy atom. The van der Waals surface area contributed by atoms with Crippen LogP contribution in [-0.2, 0) is 4.79 Å². The van der Waals surface area contributed by atoms with E-state index in [1.165, 1.54) is 18.2 Å². The van der Waals surface area contributed by atoms with Gasteiger partial charge in [0.1, 0.15) is 18.3 Å². The molecular weight excluding hydrogens is 603 g/mol. The van der Waals surface area contributed by atoms with Crippen LogP contribution in [-0.4, -0.2) is 43.1 Å². The van der Waals surface area contributed by atoms with Crippen LogP contribution in [0.5, 0.6) is 5.75 Å². The maximum absolute atomic E-state index is 13.7. The Morgan fingerprint density at radius 2 is 1.66 bits per heavy atom. The van der Waals surface area contributed by atoms with Crippen molar-refractivity contribution in [1.29, 1.82) is 0 Å². The molecule has 5 nitrogen and oxygen atoms in total. The minimum Gasteiger partial charge on any atom is -0.406 e. The van der Waals surface area contributed by atoms with E-state index in [1.807, 2.05) is 0 Å². The molecule has 0 saturated heterocycles. The molecule has 0 aliphatic carbocycles. The predicted molar refractivity (Wildman–Crippen MR) is 121 cm³/mol. The number of hydrogen-bond acceptors (Lipinski definition) is 3. The molecule has 0 bridgehead atoms. The van der Waals surface area contributed by atoms with Crippen LogP contribution < -0.4 is 15.4 Å². The summed E-state index contributed by atoms with van der Waals surface area (Å²) in [6.07, 6.45) is -12.9. The molecule has 2 amide bonds. The first-order chi connectivity index (χ1) is 17.4. The zero-order valence-corrected chi connectivity index (χ0v) is 20.6. The van der Waals surface area contributed by atoms with Gasteiger partial charge in [0.05, 0.1) is 11.5 Å². The van der Waals surface area contributed by atoms with Crippen molar-refractivity contribution >= 4 is 33.8 Å². The summed E-state index contributed by atoms with van der Waals surface area (Å²) < 4.78 is 119. The van der Waals surface area contributed by atoms with E-state index >= 15 is 0 Å². The highest BCUT2D eigenvalue weighted by atomic mass is 79.9. The van der Waals surface area contributed by atoms with Crippen LogP contribution in [0.3, 0.4) is 0 Å². The second kappa shape index (κ2) is 12.1. The van der Waals surface area contributed by atoms with E-state index in [4.69, 9.17) is 0 Å². The molecule has 208 valence electrons. The molecule has 0 fully saturated rings. The number of allylic oxidation sites excluding steroid dienone is 1. The Labute approximate surface area is 218 Å². The highest BCUT2D eigenvalue weighted by molar-refractivity contribution is 9.10. The molecule has 2 aromatic carbocycles. The molecule has 2 aromatic rings. The highest BCUT2D eigenvalue weighted by Crippen LogP contribution is 2.38. The average molecular weight is 621 g/mol. The Balaban J connectivity index is 2.18. The lowest BCUT2D eigenvalue weighted by Crippen LogP contribution is -2.47. The second-order valence-corrected chi connectivity index (χ2v) is 8.62. The number of amides is 2. The minimum atomic E-state index is -5.09. The molecule has 1 unspecified atom stereocenters. The van der Waals surface area contributed by atoms with E-state index in [0.29, 0.717) is 12.1 Å². The van der Waals surface area contributed by atoms with Crippen molar-refractivity contribution in [2.45, 2.75) is 37.6 Å². The van der Waals surface area contributed by atoms with Crippen LogP contribution in [0.2, 0.25) is 0 Å². The average Bonchev–Trinajstić information content (AvgIpc) is 2.75. The lowest BCUT2D eigenvalue weighted by atomic mass is 9.96. The van der Waals surface area contributed by atoms with Crippen LogP contribution >= 0.6 is 15.9 Å². The Morgan fingerprint density at radius 1 is 1.00 bits per heavy atom. The van der Waals surface area contributed by atoms with Crippen molar-refractivity contribution in [1.82, 2.24) is 10.6 Å². The van der Waals surface area contributed by atoms with E-state index < -0.39 is 60.3 Å². The van der Waals surface area contributed by atoms with Gasteiger partial charge in [-0.25, -0.2) is 0 Å². The van der Waals surface area contributed by atoms with Crippen molar-refractivity contribution in [2.24, 2.45) is 0 Å². The summed E-state index contributed by atoms with van der Waals surface area (Å²) >= 11 is 3.07. The van der Waals surface area contributed by atoms with Gasteiger partial charge in [-0.2, -0.15) is 26.3 Å². The monoisotopic (exact) mass is 620 g/mol. The van der Waals surface area contributed by atoms with Gasteiger partial charge in [-0.15, -0.1) is 13.2 Å². The summed E-state index contributed by atoms with van der Waals surface area (Å²) in [6.45, 7) is -0.435. The fraction of sp³-hybridized carbons (Fsp3) is 0.304. The first kappa shape index (κ1) is 31.0. The quantitative estimate of drug-likeness (QED) is 0.331. The van der Waals surface area contributed by atoms with E-state index in [1.54, 1.807) is 5.32 Å². The van der Waals surface area contributed by atoms with Gasteiger partial charge in [-0.3, -0.25) is 9.59 Å². The number of hydrogen-bond donors (Lipinski definition) is 2. The molecule has 0 saturated carbocycles. The summed E-state index contributed by atoms with van der Waals surface area (Å²) in [5, 5.41) is 3.81. The molecule has 0 heterocycles. The second-order valence-electron chi connectivity index (χ2n) is 7.77. The molecule has 2 N–H and O–H groups in total. The van der Waals surface area contributed by atoms with Crippen molar-refractivity contribution in [3.05, 3.63) is 69.7 Å². The number of carbonyl (C=O) groups is 2. The molecule has 0 radical (unpaired) electrons. The number of halogens is 10. The van der Waals surface area contributed by atoms with Crippen LogP contribution in [0.1, 0.15) is 34.3 Å². The first-order valence-electron chi connectivity index (χ1n) is 10.4. The van der Waals surface area contributed by atoms with Crippen LogP contribution in [0.15, 0.2) is 53.0 Å². The van der Waals surface area contributed by atoms with Gasteiger partial charge in [0.15, 0.2) is 0 Å². The van der Waals surface area contributed by atoms with Crippen molar-refractivity contribution in [3.8, 4) is 5.75 Å². The van der Waals surface area contributed by atoms with Gasteiger partial charge in [0, 0.05) is 4.47 Å². The summed E-state index contributed by atoms with van der Waals surface area (Å²) in [6, 6.07) is 5.82. The molecule has 0 aliphatic heterocycles. The van der Waals surface area contributed by atoms with E-state index in [0.717, 1.165) is 31.2 Å². The van der Waals surface area contributed by atoms with Crippen LogP contribution in [0.4, 0.5) is 39.5 Å². The lowest BCUT2D eigenvalue weighted by Gasteiger charge is -2.18. The molecule has 0 aliphatic rings. The predicted octanol–water partition coefficient (Wildman–Crippen LogP) is 6.50. The van der Waals surface area contributed by atoms with Gasteiger partial charge in [0.2, 0.25) is 5.91 Å². The van der Waals surface area contributed by atoms with E-state index in [9.17, 15) is 49.1 Å². The largest absolute Gasteiger partial charge is 0.573 e. The Hall–Kier alpha value is -3.23. The zero-order valence-electron chi connectivity index (χ0n) is 19.1. The fourth-order valence-electron chi connectivity index (χ4n) is 3.02. The molecule has 15 heteroatoms. The number of carbonyl (C=O) groups excluding carboxylic acids is 2. The molecule has 38 heavy (non-hydrogen) atoms. The summed E-state index contributed by atoms with van der Waals surface area (Å²) in [5.41, 5.74) is -0.410. The summed E-state index contributed by atoms with van der Waals surface area (Å²) in [5.74, 6) is -5.06. The summed E-state index contributed by atoms with van der Waals surface area (Å²) in [7, 11) is 0. The number of ether oxygens (including phenoxy) is 1. The minimum absolute atomic E-state index is 0.0676. The standard InChI is InChI=1S/C23H18BrF9N2O3/c1-12(19(36)34-11-21(25,26)27)35-20(37)16-7-5-13(9-18(16)24)6-8-17(22(28,29)30)14-3-2-4-15(10-14)38-23(31,32)33/h2-10,12,17H,11H2,1H3,(H,34,36)(H,35,37)/b8-6+/t12-,17?/m1/s1. The van der Waals surface area contributed by atoms with Crippen molar-refractivity contribution in [3.63, 3.8) is 0 Å². The van der Waals surface area contributed by atoms with Crippen LogP contribution in [0.25, 0.3) is 6.08 Å². The molecule has 0 aromatic heterocycles. The van der Waals surface area contributed by atoms with E-state index in [-0.39, 0.29) is 15.6 Å². The maximum Gasteiger partial charge on any atom is 0.573 e. The highest BCUT2D eigenvalue weighted by Gasteiger charge is 2.39. The SMILES string of the molecule is C[C@@H](NC(=O)c1ccc(/C=C/C(c2cccc(OC(F)(F)F)c2)C(F)(F)F)cc1Br)C(=O)NCC(F)(F)F. The molecule has 2 atom stereocenters.